The van der Waals surface area contributed by atoms with E-state index >= 15 is 0 Å². The van der Waals surface area contributed by atoms with E-state index < -0.39 is 0 Å². The van der Waals surface area contributed by atoms with Crippen LogP contribution in [0.5, 0.6) is 0 Å². The monoisotopic (exact) mass is 547 g/mol. The van der Waals surface area contributed by atoms with Gasteiger partial charge in [0, 0.05) is 36.9 Å². The second-order valence-electron chi connectivity index (χ2n) is 6.82. The van der Waals surface area contributed by atoms with Gasteiger partial charge in [-0.25, -0.2) is 9.37 Å². The van der Waals surface area contributed by atoms with Crippen LogP contribution in [-0.4, -0.2) is 49.8 Å². The predicted octanol–water partition coefficient (Wildman–Crippen LogP) is 3.84. The summed E-state index contributed by atoms with van der Waals surface area (Å²) in [5.41, 5.74) is 1.08. The van der Waals surface area contributed by atoms with Gasteiger partial charge in [-0.05, 0) is 43.2 Å². The standard InChI is InChI=1S/C21H27ClFN5O.HI/c1-2-24-21(26-11-13-29-15-16-5-7-17(22)8-6-16)27-18-9-12-28(14-18)20-19(23)4-3-10-25-20;/h3-8,10,18H,2,9,11-15H2,1H3,(H2,24,26,27);1H. The lowest BCUT2D eigenvalue weighted by molar-refractivity contribution is 0.128. The molecular weight excluding hydrogens is 520 g/mol. The van der Waals surface area contributed by atoms with Crippen molar-refractivity contribution in [3.05, 3.63) is 59.0 Å². The minimum atomic E-state index is -0.286. The molecule has 6 nitrogen and oxygen atoms in total. The van der Waals surface area contributed by atoms with Crippen LogP contribution in [0.2, 0.25) is 5.02 Å². The van der Waals surface area contributed by atoms with Gasteiger partial charge in [-0.15, -0.1) is 24.0 Å². The third-order valence-corrected chi connectivity index (χ3v) is 4.85. The molecule has 0 amide bonds. The molecule has 1 aliphatic heterocycles. The Bertz CT molecular complexity index is 808. The Labute approximate surface area is 199 Å². The molecule has 1 unspecified atom stereocenters. The fourth-order valence-electron chi connectivity index (χ4n) is 3.19. The van der Waals surface area contributed by atoms with Gasteiger partial charge in [0.2, 0.25) is 0 Å². The summed E-state index contributed by atoms with van der Waals surface area (Å²) in [5, 5.41) is 7.40. The van der Waals surface area contributed by atoms with E-state index in [0.717, 1.165) is 36.1 Å². The van der Waals surface area contributed by atoms with Gasteiger partial charge in [0.25, 0.3) is 0 Å². The molecule has 0 spiro atoms. The molecule has 2 N–H and O–H groups in total. The lowest BCUT2D eigenvalue weighted by atomic mass is 10.2. The molecule has 0 saturated carbocycles. The molecule has 1 atom stereocenters. The SMILES string of the molecule is CCNC(=NCCOCc1ccc(Cl)cc1)NC1CCN(c2ncccc2F)C1.I. The molecule has 2 aromatic rings. The van der Waals surface area contributed by atoms with E-state index in [1.807, 2.05) is 36.1 Å². The van der Waals surface area contributed by atoms with E-state index in [4.69, 9.17) is 16.3 Å². The molecule has 1 aromatic heterocycles. The van der Waals surface area contributed by atoms with Crippen molar-refractivity contribution >= 4 is 47.4 Å². The topological polar surface area (TPSA) is 61.8 Å². The Morgan fingerprint density at radius 2 is 2.13 bits per heavy atom. The first-order valence-electron chi connectivity index (χ1n) is 9.88. The second-order valence-corrected chi connectivity index (χ2v) is 7.26. The number of nitrogens with one attached hydrogen (secondary N) is 2. The van der Waals surface area contributed by atoms with Crippen LogP contribution < -0.4 is 15.5 Å². The molecule has 0 bridgehead atoms. The molecule has 1 aliphatic rings. The maximum Gasteiger partial charge on any atom is 0.191 e. The fraction of sp³-hybridized carbons (Fsp3) is 0.429. The average molecular weight is 548 g/mol. The Morgan fingerprint density at radius 1 is 1.33 bits per heavy atom. The molecule has 1 fully saturated rings. The van der Waals surface area contributed by atoms with Gasteiger partial charge in [-0.2, -0.15) is 0 Å². The van der Waals surface area contributed by atoms with Crippen LogP contribution in [0.4, 0.5) is 10.2 Å². The zero-order valence-electron chi connectivity index (χ0n) is 17.0. The first-order chi connectivity index (χ1) is 14.2. The van der Waals surface area contributed by atoms with Crippen LogP contribution in [0.3, 0.4) is 0 Å². The summed E-state index contributed by atoms with van der Waals surface area (Å²) in [7, 11) is 0. The van der Waals surface area contributed by atoms with E-state index in [1.165, 1.54) is 6.07 Å². The molecule has 0 aliphatic carbocycles. The van der Waals surface area contributed by atoms with Crippen molar-refractivity contribution in [2.45, 2.75) is 26.0 Å². The Hall–Kier alpha value is -1.65. The van der Waals surface area contributed by atoms with E-state index in [9.17, 15) is 4.39 Å². The average Bonchev–Trinajstić information content (AvgIpc) is 3.18. The van der Waals surface area contributed by atoms with Crippen LogP contribution in [0.1, 0.15) is 18.9 Å². The maximum atomic E-state index is 14.0. The number of pyridine rings is 1. The minimum absolute atomic E-state index is 0. The summed E-state index contributed by atoms with van der Waals surface area (Å²) in [6, 6.07) is 10.8. The van der Waals surface area contributed by atoms with Gasteiger partial charge < -0.3 is 20.3 Å². The molecule has 30 heavy (non-hydrogen) atoms. The quantitative estimate of drug-likeness (QED) is 0.228. The summed E-state index contributed by atoms with van der Waals surface area (Å²) in [6.45, 7) is 5.84. The van der Waals surface area contributed by atoms with Crippen LogP contribution in [0.15, 0.2) is 47.6 Å². The predicted molar refractivity (Wildman–Crippen MR) is 130 cm³/mol. The summed E-state index contributed by atoms with van der Waals surface area (Å²) < 4.78 is 19.6. The highest BCUT2D eigenvalue weighted by Gasteiger charge is 2.25. The third kappa shape index (κ3) is 7.55. The van der Waals surface area contributed by atoms with Crippen molar-refractivity contribution < 1.29 is 9.13 Å². The van der Waals surface area contributed by atoms with Crippen LogP contribution in [0.25, 0.3) is 0 Å². The molecular formula is C21H28ClFIN5O. The molecule has 3 rings (SSSR count). The highest BCUT2D eigenvalue weighted by molar-refractivity contribution is 14.0. The van der Waals surface area contributed by atoms with Crippen LogP contribution in [-0.2, 0) is 11.3 Å². The van der Waals surface area contributed by atoms with E-state index in [2.05, 4.69) is 20.6 Å². The van der Waals surface area contributed by atoms with E-state index in [1.54, 1.807) is 12.3 Å². The van der Waals surface area contributed by atoms with Gasteiger partial charge >= 0.3 is 0 Å². The highest BCUT2D eigenvalue weighted by Crippen LogP contribution is 2.20. The highest BCUT2D eigenvalue weighted by atomic mass is 127. The zero-order chi connectivity index (χ0) is 20.5. The van der Waals surface area contributed by atoms with Crippen molar-refractivity contribution in [2.24, 2.45) is 4.99 Å². The molecule has 0 radical (unpaired) electrons. The van der Waals surface area contributed by atoms with Crippen molar-refractivity contribution in [3.8, 4) is 0 Å². The lowest BCUT2D eigenvalue weighted by Gasteiger charge is -2.20. The minimum Gasteiger partial charge on any atom is -0.375 e. The summed E-state index contributed by atoms with van der Waals surface area (Å²) in [5.74, 6) is 0.872. The number of rotatable bonds is 8. The van der Waals surface area contributed by atoms with Crippen molar-refractivity contribution in [2.75, 3.05) is 37.7 Å². The Morgan fingerprint density at radius 3 is 2.87 bits per heavy atom. The molecule has 164 valence electrons. The van der Waals surface area contributed by atoms with Crippen molar-refractivity contribution in [3.63, 3.8) is 0 Å². The lowest BCUT2D eigenvalue weighted by Crippen LogP contribution is -2.44. The summed E-state index contributed by atoms with van der Waals surface area (Å²) >= 11 is 5.88. The first kappa shape index (κ1) is 24.6. The number of aliphatic imine (C=N–C) groups is 1. The Kier molecular flexibility index (Phi) is 10.6. The number of nitrogens with zero attached hydrogens (tertiary/aromatic N) is 3. The molecule has 1 saturated heterocycles. The van der Waals surface area contributed by atoms with E-state index in [-0.39, 0.29) is 35.8 Å². The van der Waals surface area contributed by atoms with Gasteiger partial charge in [0.05, 0.1) is 19.8 Å². The van der Waals surface area contributed by atoms with Gasteiger partial charge in [0.1, 0.15) is 0 Å². The number of ether oxygens (including phenoxy) is 1. The van der Waals surface area contributed by atoms with Crippen molar-refractivity contribution in [1.29, 1.82) is 0 Å². The third-order valence-electron chi connectivity index (χ3n) is 4.60. The summed E-state index contributed by atoms with van der Waals surface area (Å²) in [6.07, 6.45) is 2.52. The van der Waals surface area contributed by atoms with Crippen LogP contribution >= 0.6 is 35.6 Å². The number of aromatic nitrogens is 1. The number of hydrogen-bond acceptors (Lipinski definition) is 4. The fourth-order valence-corrected chi connectivity index (χ4v) is 3.31. The first-order valence-corrected chi connectivity index (χ1v) is 10.3. The number of guanidine groups is 1. The van der Waals surface area contributed by atoms with E-state index in [0.29, 0.717) is 32.1 Å². The second kappa shape index (κ2) is 12.9. The van der Waals surface area contributed by atoms with Crippen LogP contribution in [0, 0.1) is 5.82 Å². The largest absolute Gasteiger partial charge is 0.375 e. The zero-order valence-corrected chi connectivity index (χ0v) is 20.1. The molecule has 2 heterocycles. The normalized spacial score (nSPS) is 16.3. The number of hydrogen-bond donors (Lipinski definition) is 2. The van der Waals surface area contributed by atoms with Gasteiger partial charge in [-0.1, -0.05) is 23.7 Å². The number of halogens is 3. The van der Waals surface area contributed by atoms with Gasteiger partial charge in [-0.3, -0.25) is 4.99 Å². The number of benzene rings is 1. The van der Waals surface area contributed by atoms with Gasteiger partial charge in [0.15, 0.2) is 17.6 Å². The molecule has 1 aromatic carbocycles. The number of anilines is 1. The maximum absolute atomic E-state index is 14.0. The summed E-state index contributed by atoms with van der Waals surface area (Å²) in [4.78, 5) is 10.7. The Balaban J connectivity index is 0.00000320. The smallest absolute Gasteiger partial charge is 0.191 e. The molecule has 9 heteroatoms. The van der Waals surface area contributed by atoms with Crippen molar-refractivity contribution in [1.82, 2.24) is 15.6 Å².